The Bertz CT molecular complexity index is 787. The monoisotopic (exact) mass is 365 g/mol. The number of carbonyl (C=O) groups is 1. The number of hydrogen-bond acceptors (Lipinski definition) is 3. The van der Waals surface area contributed by atoms with E-state index in [-0.39, 0.29) is 5.91 Å². The van der Waals surface area contributed by atoms with Crippen LogP contribution in [-0.4, -0.2) is 28.2 Å². The number of hydrogen-bond donors (Lipinski definition) is 2. The molecule has 0 aliphatic carbocycles. The third-order valence-corrected chi connectivity index (χ3v) is 4.71. The number of aromatic nitrogens is 2. The van der Waals surface area contributed by atoms with E-state index < -0.39 is 0 Å². The van der Waals surface area contributed by atoms with Crippen molar-refractivity contribution in [2.24, 2.45) is 5.92 Å². The highest BCUT2D eigenvalue weighted by Gasteiger charge is 2.15. The summed E-state index contributed by atoms with van der Waals surface area (Å²) in [5.41, 5.74) is 4.01. The highest BCUT2D eigenvalue weighted by Crippen LogP contribution is 2.32. The van der Waals surface area contributed by atoms with E-state index in [9.17, 15) is 4.79 Å². The standard InChI is InChI=1S/C21H23N3OS/c1-15(2)13-22-18(25)14-26-21-23-19(16-9-5-3-6-10-16)20(24-21)17-11-7-4-8-12-17/h3-12,15H,13-14H2,1-2H3,(H,22,25)(H,23,24). The van der Waals surface area contributed by atoms with Gasteiger partial charge in [-0.1, -0.05) is 86.3 Å². The van der Waals surface area contributed by atoms with Gasteiger partial charge in [0.1, 0.15) is 0 Å². The molecule has 4 nitrogen and oxygen atoms in total. The molecule has 0 atom stereocenters. The summed E-state index contributed by atoms with van der Waals surface area (Å²) in [7, 11) is 0. The molecule has 0 bridgehead atoms. The normalized spacial score (nSPS) is 10.9. The van der Waals surface area contributed by atoms with Crippen LogP contribution in [-0.2, 0) is 4.79 Å². The lowest BCUT2D eigenvalue weighted by Gasteiger charge is -2.06. The second-order valence-electron chi connectivity index (χ2n) is 6.48. The Morgan fingerprint density at radius 1 is 1.04 bits per heavy atom. The minimum Gasteiger partial charge on any atom is -0.355 e. The zero-order valence-electron chi connectivity index (χ0n) is 15.0. The Morgan fingerprint density at radius 3 is 2.27 bits per heavy atom. The molecule has 1 amide bonds. The molecule has 3 rings (SSSR count). The van der Waals surface area contributed by atoms with Gasteiger partial charge in [0, 0.05) is 17.7 Å². The van der Waals surface area contributed by atoms with Crippen molar-refractivity contribution >= 4 is 17.7 Å². The van der Waals surface area contributed by atoms with Crippen molar-refractivity contribution in [1.82, 2.24) is 15.3 Å². The van der Waals surface area contributed by atoms with Gasteiger partial charge in [0.2, 0.25) is 5.91 Å². The molecule has 134 valence electrons. The van der Waals surface area contributed by atoms with Crippen LogP contribution in [0, 0.1) is 5.92 Å². The number of carbonyl (C=O) groups excluding carboxylic acids is 1. The second kappa shape index (κ2) is 8.72. The van der Waals surface area contributed by atoms with Gasteiger partial charge in [-0.3, -0.25) is 4.79 Å². The summed E-state index contributed by atoms with van der Waals surface area (Å²) in [6, 6.07) is 20.2. The lowest BCUT2D eigenvalue weighted by Crippen LogP contribution is -2.28. The highest BCUT2D eigenvalue weighted by atomic mass is 32.2. The molecule has 3 aromatic rings. The van der Waals surface area contributed by atoms with Crippen LogP contribution in [0.25, 0.3) is 22.5 Å². The van der Waals surface area contributed by atoms with Gasteiger partial charge in [-0.25, -0.2) is 4.98 Å². The molecule has 26 heavy (non-hydrogen) atoms. The van der Waals surface area contributed by atoms with Crippen molar-refractivity contribution in [3.8, 4) is 22.5 Å². The van der Waals surface area contributed by atoms with E-state index in [0.717, 1.165) is 27.7 Å². The van der Waals surface area contributed by atoms with Crippen molar-refractivity contribution in [1.29, 1.82) is 0 Å². The van der Waals surface area contributed by atoms with Gasteiger partial charge in [-0.2, -0.15) is 0 Å². The third-order valence-electron chi connectivity index (χ3n) is 3.84. The summed E-state index contributed by atoms with van der Waals surface area (Å²) in [5.74, 6) is 0.826. The Labute approximate surface area is 158 Å². The number of amides is 1. The molecule has 0 spiro atoms. The molecule has 2 aromatic carbocycles. The second-order valence-corrected chi connectivity index (χ2v) is 7.45. The van der Waals surface area contributed by atoms with Crippen LogP contribution in [0.3, 0.4) is 0 Å². The molecule has 2 N–H and O–H groups in total. The number of nitrogens with one attached hydrogen (secondary N) is 2. The van der Waals surface area contributed by atoms with Gasteiger partial charge in [0.15, 0.2) is 5.16 Å². The maximum Gasteiger partial charge on any atom is 0.230 e. The first-order chi connectivity index (χ1) is 12.6. The smallest absolute Gasteiger partial charge is 0.230 e. The first kappa shape index (κ1) is 18.3. The van der Waals surface area contributed by atoms with Crippen LogP contribution >= 0.6 is 11.8 Å². The molecule has 1 aromatic heterocycles. The summed E-state index contributed by atoms with van der Waals surface area (Å²) >= 11 is 1.43. The molecule has 5 heteroatoms. The summed E-state index contributed by atoms with van der Waals surface area (Å²) in [6.07, 6.45) is 0. The van der Waals surface area contributed by atoms with Gasteiger partial charge in [0.05, 0.1) is 17.1 Å². The fourth-order valence-corrected chi connectivity index (χ4v) is 3.24. The molecule has 0 saturated carbocycles. The first-order valence-corrected chi connectivity index (χ1v) is 9.72. The van der Waals surface area contributed by atoms with Crippen LogP contribution in [0.15, 0.2) is 65.8 Å². The minimum absolute atomic E-state index is 0.0302. The van der Waals surface area contributed by atoms with Crippen molar-refractivity contribution in [2.75, 3.05) is 12.3 Å². The number of aromatic amines is 1. The topological polar surface area (TPSA) is 57.8 Å². The van der Waals surface area contributed by atoms with Crippen LogP contribution in [0.5, 0.6) is 0 Å². The van der Waals surface area contributed by atoms with Crippen molar-refractivity contribution in [3.63, 3.8) is 0 Å². The summed E-state index contributed by atoms with van der Waals surface area (Å²) in [5, 5.41) is 3.69. The number of rotatable bonds is 7. The lowest BCUT2D eigenvalue weighted by molar-refractivity contribution is -0.118. The molecular weight excluding hydrogens is 342 g/mol. The quantitative estimate of drug-likeness (QED) is 0.601. The van der Waals surface area contributed by atoms with E-state index in [1.54, 1.807) is 0 Å². The highest BCUT2D eigenvalue weighted by molar-refractivity contribution is 7.99. The zero-order valence-corrected chi connectivity index (χ0v) is 15.8. The van der Waals surface area contributed by atoms with E-state index in [1.165, 1.54) is 11.8 Å². The largest absolute Gasteiger partial charge is 0.355 e. The molecule has 0 radical (unpaired) electrons. The first-order valence-electron chi connectivity index (χ1n) is 8.74. The summed E-state index contributed by atoms with van der Waals surface area (Å²) < 4.78 is 0. The summed E-state index contributed by atoms with van der Waals surface area (Å²) in [4.78, 5) is 20.1. The summed E-state index contributed by atoms with van der Waals surface area (Å²) in [6.45, 7) is 4.86. The zero-order chi connectivity index (χ0) is 18.4. The van der Waals surface area contributed by atoms with Gasteiger partial charge < -0.3 is 10.3 Å². The molecule has 0 unspecified atom stereocenters. The van der Waals surface area contributed by atoms with E-state index in [1.807, 2.05) is 48.5 Å². The molecule has 0 saturated heterocycles. The Balaban J connectivity index is 1.82. The van der Waals surface area contributed by atoms with E-state index >= 15 is 0 Å². The molecule has 0 fully saturated rings. The fraction of sp³-hybridized carbons (Fsp3) is 0.238. The average molecular weight is 366 g/mol. The van der Waals surface area contributed by atoms with Gasteiger partial charge >= 0.3 is 0 Å². The van der Waals surface area contributed by atoms with Crippen LogP contribution in [0.4, 0.5) is 0 Å². The molecule has 1 heterocycles. The molecular formula is C21H23N3OS. The van der Waals surface area contributed by atoms with E-state index in [0.29, 0.717) is 18.2 Å². The number of nitrogens with zero attached hydrogens (tertiary/aromatic N) is 1. The van der Waals surface area contributed by atoms with E-state index in [4.69, 9.17) is 4.98 Å². The predicted molar refractivity (Wildman–Crippen MR) is 108 cm³/mol. The number of thioether (sulfide) groups is 1. The maximum absolute atomic E-state index is 12.0. The Kier molecular flexibility index (Phi) is 6.12. The van der Waals surface area contributed by atoms with Crippen molar-refractivity contribution in [3.05, 3.63) is 60.7 Å². The number of imidazole rings is 1. The third kappa shape index (κ3) is 4.76. The van der Waals surface area contributed by atoms with Crippen LogP contribution < -0.4 is 5.32 Å². The number of benzene rings is 2. The Morgan fingerprint density at radius 2 is 1.65 bits per heavy atom. The van der Waals surface area contributed by atoms with Gasteiger partial charge in [-0.05, 0) is 5.92 Å². The molecule has 0 aliphatic heterocycles. The van der Waals surface area contributed by atoms with Gasteiger partial charge in [0.25, 0.3) is 0 Å². The SMILES string of the molecule is CC(C)CNC(=O)CSc1nc(-c2ccccc2)c(-c2ccccc2)[nH]1. The Hall–Kier alpha value is -2.53. The van der Waals surface area contributed by atoms with Crippen molar-refractivity contribution < 1.29 is 4.79 Å². The lowest BCUT2D eigenvalue weighted by atomic mass is 10.1. The maximum atomic E-state index is 12.0. The fourth-order valence-electron chi connectivity index (χ4n) is 2.54. The van der Waals surface area contributed by atoms with Crippen LogP contribution in [0.1, 0.15) is 13.8 Å². The van der Waals surface area contributed by atoms with Crippen LogP contribution in [0.2, 0.25) is 0 Å². The minimum atomic E-state index is 0.0302. The average Bonchev–Trinajstić information content (AvgIpc) is 3.10. The van der Waals surface area contributed by atoms with Gasteiger partial charge in [-0.15, -0.1) is 0 Å². The van der Waals surface area contributed by atoms with E-state index in [2.05, 4.69) is 36.3 Å². The predicted octanol–water partition coefficient (Wildman–Crippen LogP) is 4.61. The molecule has 0 aliphatic rings. The number of H-pyrrole nitrogens is 1. The van der Waals surface area contributed by atoms with Crippen molar-refractivity contribution in [2.45, 2.75) is 19.0 Å².